The van der Waals surface area contributed by atoms with E-state index in [2.05, 4.69) is 15.3 Å². The van der Waals surface area contributed by atoms with Gasteiger partial charge in [-0.2, -0.15) is 0 Å². The van der Waals surface area contributed by atoms with Crippen LogP contribution >= 0.6 is 0 Å². The molecule has 8 heteroatoms. The third kappa shape index (κ3) is 4.29. The van der Waals surface area contributed by atoms with Gasteiger partial charge in [0.2, 0.25) is 0 Å². The van der Waals surface area contributed by atoms with Crippen molar-refractivity contribution in [1.82, 2.24) is 15.3 Å². The van der Waals surface area contributed by atoms with E-state index in [-0.39, 0.29) is 29.5 Å². The zero-order valence-electron chi connectivity index (χ0n) is 14.9. The van der Waals surface area contributed by atoms with E-state index in [9.17, 15) is 13.2 Å². The average Bonchev–Trinajstić information content (AvgIpc) is 3.17. The van der Waals surface area contributed by atoms with Gasteiger partial charge >= 0.3 is 0 Å². The highest BCUT2D eigenvalue weighted by atomic mass is 32.2. The van der Waals surface area contributed by atoms with Crippen LogP contribution in [0.15, 0.2) is 6.07 Å². The molecule has 0 aromatic carbocycles. The van der Waals surface area contributed by atoms with Crippen molar-refractivity contribution in [2.75, 3.05) is 23.0 Å². The molecule has 1 atom stereocenters. The van der Waals surface area contributed by atoms with Gasteiger partial charge in [0.05, 0.1) is 11.5 Å². The van der Waals surface area contributed by atoms with Gasteiger partial charge in [0.25, 0.3) is 5.91 Å². The SMILES string of the molecule is CCN(c1cc(C(=O)NC2CCCC2)nc(C)n1)C1CCS(=O)(=O)C1. The second-order valence-corrected chi connectivity index (χ2v) is 9.19. The molecular formula is C17H26N4O3S. The lowest BCUT2D eigenvalue weighted by Crippen LogP contribution is -2.38. The second-order valence-electron chi connectivity index (χ2n) is 6.96. The van der Waals surface area contributed by atoms with Gasteiger partial charge in [0.15, 0.2) is 9.84 Å². The van der Waals surface area contributed by atoms with Crippen molar-refractivity contribution in [2.24, 2.45) is 0 Å². The molecule has 1 aromatic rings. The smallest absolute Gasteiger partial charge is 0.270 e. The van der Waals surface area contributed by atoms with E-state index in [1.165, 1.54) is 0 Å². The summed E-state index contributed by atoms with van der Waals surface area (Å²) in [5, 5.41) is 3.05. The van der Waals surface area contributed by atoms with Crippen LogP contribution in [0.2, 0.25) is 0 Å². The highest BCUT2D eigenvalue weighted by Gasteiger charge is 2.32. The normalized spacial score (nSPS) is 22.9. The van der Waals surface area contributed by atoms with Crippen LogP contribution in [0.25, 0.3) is 0 Å². The summed E-state index contributed by atoms with van der Waals surface area (Å²) in [4.78, 5) is 23.2. The van der Waals surface area contributed by atoms with E-state index in [0.29, 0.717) is 30.3 Å². The number of aromatic nitrogens is 2. The molecule has 2 heterocycles. The fourth-order valence-corrected chi connectivity index (χ4v) is 5.50. The molecule has 25 heavy (non-hydrogen) atoms. The van der Waals surface area contributed by atoms with Crippen LogP contribution in [0.3, 0.4) is 0 Å². The Morgan fingerprint density at radius 3 is 2.60 bits per heavy atom. The van der Waals surface area contributed by atoms with E-state index in [1.54, 1.807) is 13.0 Å². The van der Waals surface area contributed by atoms with Crippen molar-refractivity contribution in [3.05, 3.63) is 17.6 Å². The zero-order chi connectivity index (χ0) is 18.0. The molecule has 1 aliphatic carbocycles. The number of aryl methyl sites for hydroxylation is 1. The van der Waals surface area contributed by atoms with Crippen LogP contribution in [0.4, 0.5) is 5.82 Å². The number of sulfone groups is 1. The zero-order valence-corrected chi connectivity index (χ0v) is 15.7. The molecular weight excluding hydrogens is 340 g/mol. The molecule has 1 N–H and O–H groups in total. The van der Waals surface area contributed by atoms with Crippen molar-refractivity contribution in [2.45, 2.75) is 58.0 Å². The molecule has 1 aromatic heterocycles. The minimum absolute atomic E-state index is 0.0879. The maximum atomic E-state index is 12.5. The van der Waals surface area contributed by atoms with E-state index < -0.39 is 9.84 Å². The molecule has 0 radical (unpaired) electrons. The maximum Gasteiger partial charge on any atom is 0.270 e. The molecule has 1 saturated heterocycles. The van der Waals surface area contributed by atoms with Gasteiger partial charge in [-0.15, -0.1) is 0 Å². The summed E-state index contributed by atoms with van der Waals surface area (Å²) in [6, 6.07) is 1.83. The number of carbonyl (C=O) groups excluding carboxylic acids is 1. The maximum absolute atomic E-state index is 12.5. The Morgan fingerprint density at radius 1 is 1.28 bits per heavy atom. The molecule has 0 spiro atoms. The summed E-state index contributed by atoms with van der Waals surface area (Å²) in [6.07, 6.45) is 4.94. The number of hydrogen-bond donors (Lipinski definition) is 1. The van der Waals surface area contributed by atoms with Gasteiger partial charge in [0, 0.05) is 24.7 Å². The monoisotopic (exact) mass is 366 g/mol. The first-order valence-electron chi connectivity index (χ1n) is 9.01. The topological polar surface area (TPSA) is 92.3 Å². The largest absolute Gasteiger partial charge is 0.353 e. The summed E-state index contributed by atoms with van der Waals surface area (Å²) in [5.74, 6) is 1.34. The molecule has 2 fully saturated rings. The van der Waals surface area contributed by atoms with Crippen LogP contribution < -0.4 is 10.2 Å². The predicted molar refractivity (Wildman–Crippen MR) is 96.6 cm³/mol. The van der Waals surface area contributed by atoms with Gasteiger partial charge in [-0.1, -0.05) is 12.8 Å². The van der Waals surface area contributed by atoms with Crippen molar-refractivity contribution in [3.8, 4) is 0 Å². The number of amides is 1. The lowest BCUT2D eigenvalue weighted by molar-refractivity contribution is 0.0932. The summed E-state index contributed by atoms with van der Waals surface area (Å²) < 4.78 is 23.6. The Hall–Kier alpha value is -1.70. The van der Waals surface area contributed by atoms with Crippen LogP contribution in [0.1, 0.15) is 55.3 Å². The Morgan fingerprint density at radius 2 is 2.00 bits per heavy atom. The second kappa shape index (κ2) is 7.27. The fraction of sp³-hybridized carbons (Fsp3) is 0.706. The van der Waals surface area contributed by atoms with E-state index in [1.807, 2.05) is 11.8 Å². The van der Waals surface area contributed by atoms with Crippen LogP contribution in [0.5, 0.6) is 0 Å². The highest BCUT2D eigenvalue weighted by Crippen LogP contribution is 2.24. The summed E-state index contributed by atoms with van der Waals surface area (Å²) in [7, 11) is -2.98. The lowest BCUT2D eigenvalue weighted by atomic mass is 10.2. The van der Waals surface area contributed by atoms with E-state index in [4.69, 9.17) is 0 Å². The first kappa shape index (κ1) is 18.1. The highest BCUT2D eigenvalue weighted by molar-refractivity contribution is 7.91. The first-order chi connectivity index (χ1) is 11.9. The predicted octanol–water partition coefficient (Wildman–Crippen LogP) is 1.47. The quantitative estimate of drug-likeness (QED) is 0.848. The van der Waals surface area contributed by atoms with Crippen molar-refractivity contribution >= 4 is 21.6 Å². The molecule has 1 amide bonds. The summed E-state index contributed by atoms with van der Waals surface area (Å²) in [5.41, 5.74) is 0.355. The van der Waals surface area contributed by atoms with E-state index >= 15 is 0 Å². The molecule has 7 nitrogen and oxygen atoms in total. The van der Waals surface area contributed by atoms with Crippen molar-refractivity contribution in [3.63, 3.8) is 0 Å². The number of anilines is 1. The van der Waals surface area contributed by atoms with Crippen molar-refractivity contribution in [1.29, 1.82) is 0 Å². The number of nitrogens with zero attached hydrogens (tertiary/aromatic N) is 3. The Kier molecular flexibility index (Phi) is 5.27. The van der Waals surface area contributed by atoms with E-state index in [0.717, 1.165) is 25.7 Å². The molecule has 3 rings (SSSR count). The summed E-state index contributed by atoms with van der Waals surface area (Å²) in [6.45, 7) is 4.37. The molecule has 0 bridgehead atoms. The molecule has 138 valence electrons. The molecule has 1 saturated carbocycles. The number of nitrogens with one attached hydrogen (secondary N) is 1. The number of carbonyl (C=O) groups is 1. The summed E-state index contributed by atoms with van der Waals surface area (Å²) >= 11 is 0. The van der Waals surface area contributed by atoms with Gasteiger partial charge in [0.1, 0.15) is 17.3 Å². The minimum atomic E-state index is -2.98. The van der Waals surface area contributed by atoms with Crippen LogP contribution in [-0.2, 0) is 9.84 Å². The number of hydrogen-bond acceptors (Lipinski definition) is 6. The lowest BCUT2D eigenvalue weighted by Gasteiger charge is -2.28. The molecule has 1 aliphatic heterocycles. The molecule has 2 aliphatic rings. The third-order valence-electron chi connectivity index (χ3n) is 5.03. The average molecular weight is 366 g/mol. The van der Waals surface area contributed by atoms with Gasteiger partial charge < -0.3 is 10.2 Å². The van der Waals surface area contributed by atoms with Gasteiger partial charge in [-0.25, -0.2) is 18.4 Å². The van der Waals surface area contributed by atoms with Crippen LogP contribution in [-0.4, -0.2) is 54.4 Å². The Balaban J connectivity index is 1.81. The van der Waals surface area contributed by atoms with Gasteiger partial charge in [-0.3, -0.25) is 4.79 Å². The first-order valence-corrected chi connectivity index (χ1v) is 10.8. The van der Waals surface area contributed by atoms with Crippen LogP contribution in [0, 0.1) is 6.92 Å². The minimum Gasteiger partial charge on any atom is -0.353 e. The number of rotatable bonds is 5. The third-order valence-corrected chi connectivity index (χ3v) is 6.78. The standard InChI is InChI=1S/C17H26N4O3S/c1-3-21(14-8-9-25(23,24)11-14)16-10-15(18-12(2)19-16)17(22)20-13-6-4-5-7-13/h10,13-14H,3-9,11H2,1-2H3,(H,20,22). The molecule has 1 unspecified atom stereocenters. The van der Waals surface area contributed by atoms with Crippen molar-refractivity contribution < 1.29 is 13.2 Å². The van der Waals surface area contributed by atoms with Gasteiger partial charge in [-0.05, 0) is 33.1 Å². The Bertz CT molecular complexity index is 744. The Labute approximate surface area is 149 Å². The fourth-order valence-electron chi connectivity index (χ4n) is 3.77.